The van der Waals surface area contributed by atoms with Gasteiger partial charge in [0.25, 0.3) is 0 Å². The number of aromatic nitrogens is 5. The van der Waals surface area contributed by atoms with Crippen LogP contribution in [0.4, 0.5) is 0 Å². The molecule has 0 fully saturated rings. The van der Waals surface area contributed by atoms with Gasteiger partial charge in [-0.3, -0.25) is 0 Å². The predicted molar refractivity (Wildman–Crippen MR) is 80.7 cm³/mol. The van der Waals surface area contributed by atoms with E-state index >= 15 is 0 Å². The normalized spacial score (nSPS) is 11.0. The Kier molecular flexibility index (Phi) is 2.74. The van der Waals surface area contributed by atoms with Crippen LogP contribution in [-0.2, 0) is 6.54 Å². The van der Waals surface area contributed by atoms with Gasteiger partial charge in [-0.05, 0) is 23.8 Å². The first-order chi connectivity index (χ1) is 10.4. The lowest BCUT2D eigenvalue weighted by Crippen LogP contribution is -2.00. The molecule has 0 saturated heterocycles. The number of hydrogen-bond donors (Lipinski definition) is 1. The van der Waals surface area contributed by atoms with E-state index in [2.05, 4.69) is 32.3 Å². The quantitative estimate of drug-likeness (QED) is 0.625. The highest BCUT2D eigenvalue weighted by Gasteiger charge is 2.09. The van der Waals surface area contributed by atoms with E-state index in [0.29, 0.717) is 0 Å². The molecule has 0 amide bonds. The Morgan fingerprint density at radius 2 is 1.95 bits per heavy atom. The van der Waals surface area contributed by atoms with Crippen molar-refractivity contribution in [2.75, 3.05) is 0 Å². The van der Waals surface area contributed by atoms with Gasteiger partial charge in [-0.15, -0.1) is 10.2 Å². The van der Waals surface area contributed by atoms with Gasteiger partial charge in [-0.25, -0.2) is 4.98 Å². The van der Waals surface area contributed by atoms with Crippen molar-refractivity contribution in [2.24, 2.45) is 0 Å². The maximum absolute atomic E-state index is 4.29. The Morgan fingerprint density at radius 3 is 2.86 bits per heavy atom. The van der Waals surface area contributed by atoms with Gasteiger partial charge in [-0.2, -0.15) is 0 Å². The minimum absolute atomic E-state index is 0.752. The highest BCUT2D eigenvalue weighted by molar-refractivity contribution is 5.79. The fraction of sp³-hybridized carbons (Fsp3) is 0.0625. The van der Waals surface area contributed by atoms with E-state index in [9.17, 15) is 0 Å². The molecular formula is C16H13N5. The Hall–Kier alpha value is -2.95. The second-order valence-electron chi connectivity index (χ2n) is 4.90. The standard InChI is InChI=1S/C16H13N5/c1-2-4-12(5-3-1)9-21-11-19-20-16(21)13-6-7-14-15(8-13)18-10-17-14/h1-8,10-11H,9H2,(H,17,18). The molecule has 4 rings (SSSR count). The highest BCUT2D eigenvalue weighted by atomic mass is 15.3. The maximum Gasteiger partial charge on any atom is 0.164 e. The molecule has 5 heteroatoms. The van der Waals surface area contributed by atoms with E-state index in [0.717, 1.165) is 29.0 Å². The van der Waals surface area contributed by atoms with Crippen molar-refractivity contribution in [3.63, 3.8) is 0 Å². The number of nitrogens with zero attached hydrogens (tertiary/aromatic N) is 4. The number of rotatable bonds is 3. The van der Waals surface area contributed by atoms with Gasteiger partial charge in [0, 0.05) is 5.56 Å². The van der Waals surface area contributed by atoms with Crippen LogP contribution in [0.1, 0.15) is 5.56 Å². The van der Waals surface area contributed by atoms with Crippen molar-refractivity contribution in [3.8, 4) is 11.4 Å². The third kappa shape index (κ3) is 2.18. The van der Waals surface area contributed by atoms with Gasteiger partial charge in [0.1, 0.15) is 6.33 Å². The van der Waals surface area contributed by atoms with Crippen molar-refractivity contribution in [3.05, 3.63) is 66.7 Å². The van der Waals surface area contributed by atoms with Crippen LogP contribution in [0.3, 0.4) is 0 Å². The summed E-state index contributed by atoms with van der Waals surface area (Å²) in [7, 11) is 0. The molecule has 0 aliphatic rings. The zero-order valence-electron chi connectivity index (χ0n) is 11.3. The maximum atomic E-state index is 4.29. The number of aromatic amines is 1. The fourth-order valence-electron chi connectivity index (χ4n) is 2.45. The van der Waals surface area contributed by atoms with E-state index in [4.69, 9.17) is 0 Å². The van der Waals surface area contributed by atoms with Crippen LogP contribution in [0.5, 0.6) is 0 Å². The van der Waals surface area contributed by atoms with E-state index in [1.165, 1.54) is 5.56 Å². The molecule has 102 valence electrons. The average Bonchev–Trinajstić information content (AvgIpc) is 3.16. The summed E-state index contributed by atoms with van der Waals surface area (Å²) in [6.07, 6.45) is 3.46. The molecule has 0 spiro atoms. The molecule has 0 bridgehead atoms. The van der Waals surface area contributed by atoms with Gasteiger partial charge in [0.2, 0.25) is 0 Å². The summed E-state index contributed by atoms with van der Waals surface area (Å²) in [5, 5.41) is 8.30. The van der Waals surface area contributed by atoms with Crippen molar-refractivity contribution in [2.45, 2.75) is 6.54 Å². The van der Waals surface area contributed by atoms with Crippen molar-refractivity contribution >= 4 is 11.0 Å². The molecule has 0 aliphatic heterocycles. The van der Waals surface area contributed by atoms with E-state index in [-0.39, 0.29) is 0 Å². The van der Waals surface area contributed by atoms with Gasteiger partial charge >= 0.3 is 0 Å². The Morgan fingerprint density at radius 1 is 1.05 bits per heavy atom. The van der Waals surface area contributed by atoms with Gasteiger partial charge in [0.15, 0.2) is 5.82 Å². The summed E-state index contributed by atoms with van der Waals surface area (Å²) in [4.78, 5) is 7.38. The number of nitrogens with one attached hydrogen (secondary N) is 1. The first-order valence-corrected chi connectivity index (χ1v) is 6.75. The zero-order chi connectivity index (χ0) is 14.1. The molecule has 5 nitrogen and oxygen atoms in total. The summed E-state index contributed by atoms with van der Waals surface area (Å²) in [5.41, 5.74) is 4.19. The molecule has 0 aliphatic carbocycles. The highest BCUT2D eigenvalue weighted by Crippen LogP contribution is 2.21. The summed E-state index contributed by atoms with van der Waals surface area (Å²) >= 11 is 0. The number of fused-ring (bicyclic) bond motifs is 1. The third-order valence-electron chi connectivity index (χ3n) is 3.49. The van der Waals surface area contributed by atoms with Crippen LogP contribution in [-0.4, -0.2) is 24.7 Å². The van der Waals surface area contributed by atoms with Crippen molar-refractivity contribution in [1.29, 1.82) is 0 Å². The second-order valence-corrected chi connectivity index (χ2v) is 4.90. The Bertz CT molecular complexity index is 876. The molecule has 0 radical (unpaired) electrons. The van der Waals surface area contributed by atoms with E-state index in [1.807, 2.05) is 41.0 Å². The topological polar surface area (TPSA) is 59.4 Å². The molecular weight excluding hydrogens is 262 g/mol. The number of imidazole rings is 1. The van der Waals surface area contributed by atoms with E-state index in [1.54, 1.807) is 12.7 Å². The molecule has 0 saturated carbocycles. The predicted octanol–water partition coefficient (Wildman–Crippen LogP) is 2.87. The number of H-pyrrole nitrogens is 1. The minimum atomic E-state index is 0.752. The van der Waals surface area contributed by atoms with Crippen LogP contribution in [0, 0.1) is 0 Å². The molecule has 2 heterocycles. The Labute approximate surface area is 121 Å². The zero-order valence-corrected chi connectivity index (χ0v) is 11.3. The lowest BCUT2D eigenvalue weighted by Gasteiger charge is -2.06. The molecule has 0 unspecified atom stereocenters. The summed E-state index contributed by atoms with van der Waals surface area (Å²) in [6.45, 7) is 0.752. The van der Waals surface area contributed by atoms with Gasteiger partial charge in [-0.1, -0.05) is 30.3 Å². The summed E-state index contributed by atoms with van der Waals surface area (Å²) in [6, 6.07) is 16.4. The summed E-state index contributed by atoms with van der Waals surface area (Å²) in [5.74, 6) is 0.851. The molecule has 2 aromatic heterocycles. The smallest absolute Gasteiger partial charge is 0.164 e. The van der Waals surface area contributed by atoms with Gasteiger partial charge in [0.05, 0.1) is 23.9 Å². The first kappa shape index (κ1) is 11.8. The first-order valence-electron chi connectivity index (χ1n) is 6.75. The van der Waals surface area contributed by atoms with Crippen molar-refractivity contribution in [1.82, 2.24) is 24.7 Å². The summed E-state index contributed by atoms with van der Waals surface area (Å²) < 4.78 is 2.04. The molecule has 21 heavy (non-hydrogen) atoms. The molecule has 0 atom stereocenters. The number of hydrogen-bond acceptors (Lipinski definition) is 3. The lowest BCUT2D eigenvalue weighted by molar-refractivity contribution is 0.803. The molecule has 4 aromatic rings. The monoisotopic (exact) mass is 275 g/mol. The SMILES string of the molecule is c1ccc(Cn2cnnc2-c2ccc3[nH]cnc3c2)cc1. The van der Waals surface area contributed by atoms with Gasteiger partial charge < -0.3 is 9.55 Å². The van der Waals surface area contributed by atoms with Crippen LogP contribution in [0.15, 0.2) is 61.2 Å². The second kappa shape index (κ2) is 4.86. The van der Waals surface area contributed by atoms with Crippen LogP contribution in [0.2, 0.25) is 0 Å². The third-order valence-corrected chi connectivity index (χ3v) is 3.49. The van der Waals surface area contributed by atoms with Crippen LogP contribution in [0.25, 0.3) is 22.4 Å². The fourth-order valence-corrected chi connectivity index (χ4v) is 2.45. The number of benzene rings is 2. The average molecular weight is 275 g/mol. The minimum Gasteiger partial charge on any atom is -0.345 e. The van der Waals surface area contributed by atoms with Crippen molar-refractivity contribution < 1.29 is 0 Å². The molecule has 1 N–H and O–H groups in total. The van der Waals surface area contributed by atoms with E-state index < -0.39 is 0 Å². The van der Waals surface area contributed by atoms with Crippen LogP contribution >= 0.6 is 0 Å². The lowest BCUT2D eigenvalue weighted by atomic mass is 10.1. The largest absolute Gasteiger partial charge is 0.345 e. The van der Waals surface area contributed by atoms with Crippen LogP contribution < -0.4 is 0 Å². The Balaban J connectivity index is 1.74. The molecule has 2 aromatic carbocycles.